The van der Waals surface area contributed by atoms with Crippen molar-refractivity contribution in [3.63, 3.8) is 0 Å². The summed E-state index contributed by atoms with van der Waals surface area (Å²) in [6, 6.07) is 4.09. The fourth-order valence-electron chi connectivity index (χ4n) is 3.89. The predicted octanol–water partition coefficient (Wildman–Crippen LogP) is 2.75. The van der Waals surface area contributed by atoms with E-state index in [4.69, 9.17) is 9.47 Å². The van der Waals surface area contributed by atoms with E-state index in [0.29, 0.717) is 24.8 Å². The van der Waals surface area contributed by atoms with Crippen molar-refractivity contribution < 1.29 is 14.3 Å². The zero-order valence-corrected chi connectivity index (χ0v) is 15.1. The van der Waals surface area contributed by atoms with Crippen LogP contribution in [0.3, 0.4) is 0 Å². The molecule has 0 radical (unpaired) electrons. The van der Waals surface area contributed by atoms with Gasteiger partial charge in [-0.2, -0.15) is 0 Å². The Kier molecular flexibility index (Phi) is 6.26. The number of amides is 1. The van der Waals surface area contributed by atoms with Crippen molar-refractivity contribution in [3.05, 3.63) is 23.9 Å². The quantitative estimate of drug-likeness (QED) is 0.774. The smallest absolute Gasteiger partial charge is 0.252 e. The number of carbonyl (C=O) groups is 1. The van der Waals surface area contributed by atoms with E-state index in [1.54, 1.807) is 13.3 Å². The van der Waals surface area contributed by atoms with Crippen molar-refractivity contribution in [2.45, 2.75) is 56.6 Å². The van der Waals surface area contributed by atoms with Gasteiger partial charge in [0, 0.05) is 32.5 Å². The molecular formula is C19H29N3O3. The fourth-order valence-corrected chi connectivity index (χ4v) is 3.89. The van der Waals surface area contributed by atoms with Gasteiger partial charge in [0.15, 0.2) is 0 Å². The Labute approximate surface area is 149 Å². The summed E-state index contributed by atoms with van der Waals surface area (Å²) in [5, 5.41) is 6.33. The first-order valence-electron chi connectivity index (χ1n) is 9.34. The van der Waals surface area contributed by atoms with E-state index in [1.807, 2.05) is 12.1 Å². The molecule has 6 heteroatoms. The predicted molar refractivity (Wildman–Crippen MR) is 96.9 cm³/mol. The third kappa shape index (κ3) is 4.92. The van der Waals surface area contributed by atoms with Gasteiger partial charge in [-0.3, -0.25) is 4.79 Å². The minimum atomic E-state index is -0.122. The molecule has 1 spiro atoms. The molecule has 1 amide bonds. The van der Waals surface area contributed by atoms with E-state index in [1.165, 1.54) is 32.1 Å². The van der Waals surface area contributed by atoms with E-state index in [0.717, 1.165) is 25.3 Å². The number of methoxy groups -OCH3 is 1. The standard InChI is InChI=1S/C19H29N3O3/c1-24-12-10-20-18(23)15-5-6-17(21-14-15)22-16-7-11-25-19(13-16)8-3-2-4-9-19/h5-6,14,16H,2-4,7-13H2,1H3,(H,20,23)(H,21,22). The second-order valence-electron chi connectivity index (χ2n) is 7.11. The number of nitrogens with one attached hydrogen (secondary N) is 2. The Morgan fingerprint density at radius 3 is 2.92 bits per heavy atom. The monoisotopic (exact) mass is 347 g/mol. The maximum Gasteiger partial charge on any atom is 0.252 e. The molecule has 1 unspecified atom stereocenters. The van der Waals surface area contributed by atoms with Crippen LogP contribution in [0.2, 0.25) is 0 Å². The number of ether oxygens (including phenoxy) is 2. The molecule has 2 fully saturated rings. The molecule has 1 aromatic rings. The fraction of sp³-hybridized carbons (Fsp3) is 0.684. The average Bonchev–Trinajstić information content (AvgIpc) is 2.63. The van der Waals surface area contributed by atoms with Crippen LogP contribution in [0.15, 0.2) is 18.3 Å². The van der Waals surface area contributed by atoms with E-state index < -0.39 is 0 Å². The molecule has 1 atom stereocenters. The van der Waals surface area contributed by atoms with Crippen LogP contribution < -0.4 is 10.6 Å². The molecule has 1 saturated carbocycles. The van der Waals surface area contributed by atoms with E-state index in [9.17, 15) is 4.79 Å². The molecular weight excluding hydrogens is 318 g/mol. The highest BCUT2D eigenvalue weighted by atomic mass is 16.5. The maximum atomic E-state index is 12.0. The van der Waals surface area contributed by atoms with Gasteiger partial charge in [-0.1, -0.05) is 19.3 Å². The highest BCUT2D eigenvalue weighted by Gasteiger charge is 2.38. The van der Waals surface area contributed by atoms with Crippen molar-refractivity contribution in [2.75, 3.05) is 32.2 Å². The summed E-state index contributed by atoms with van der Waals surface area (Å²) in [6.07, 6.45) is 9.92. The number of aromatic nitrogens is 1. The van der Waals surface area contributed by atoms with Gasteiger partial charge in [-0.25, -0.2) is 4.98 Å². The molecule has 138 valence electrons. The molecule has 1 saturated heterocycles. The van der Waals surface area contributed by atoms with Gasteiger partial charge in [0.2, 0.25) is 0 Å². The van der Waals surface area contributed by atoms with Crippen molar-refractivity contribution in [1.82, 2.24) is 10.3 Å². The zero-order chi connectivity index (χ0) is 17.5. The first-order chi connectivity index (χ1) is 12.2. The topological polar surface area (TPSA) is 72.5 Å². The largest absolute Gasteiger partial charge is 0.383 e. The van der Waals surface area contributed by atoms with Crippen LogP contribution in [-0.4, -0.2) is 49.4 Å². The lowest BCUT2D eigenvalue weighted by Gasteiger charge is -2.43. The molecule has 1 aliphatic heterocycles. The maximum absolute atomic E-state index is 12.0. The number of pyridine rings is 1. The molecule has 0 bridgehead atoms. The molecule has 2 N–H and O–H groups in total. The molecule has 1 aromatic heterocycles. The third-order valence-corrected chi connectivity index (χ3v) is 5.23. The average molecular weight is 347 g/mol. The minimum Gasteiger partial charge on any atom is -0.383 e. The van der Waals surface area contributed by atoms with E-state index in [-0.39, 0.29) is 11.5 Å². The Bertz CT molecular complexity index is 550. The number of anilines is 1. The van der Waals surface area contributed by atoms with Crippen molar-refractivity contribution in [3.8, 4) is 0 Å². The first-order valence-corrected chi connectivity index (χ1v) is 9.34. The van der Waals surface area contributed by atoms with E-state index in [2.05, 4.69) is 15.6 Å². The lowest BCUT2D eigenvalue weighted by Crippen LogP contribution is -2.45. The minimum absolute atomic E-state index is 0.0787. The molecule has 6 nitrogen and oxygen atoms in total. The molecule has 0 aromatic carbocycles. The molecule has 1 aliphatic carbocycles. The van der Waals surface area contributed by atoms with Crippen LogP contribution in [0.25, 0.3) is 0 Å². The lowest BCUT2D eigenvalue weighted by atomic mass is 9.78. The second kappa shape index (κ2) is 8.63. The first kappa shape index (κ1) is 18.1. The van der Waals surface area contributed by atoms with Gasteiger partial charge in [0.05, 0.1) is 17.8 Å². The number of nitrogens with zero attached hydrogens (tertiary/aromatic N) is 1. The Hall–Kier alpha value is -1.66. The summed E-state index contributed by atoms with van der Waals surface area (Å²) in [7, 11) is 1.61. The Morgan fingerprint density at radius 2 is 2.20 bits per heavy atom. The highest BCUT2D eigenvalue weighted by molar-refractivity contribution is 5.94. The number of hydrogen-bond acceptors (Lipinski definition) is 5. The summed E-state index contributed by atoms with van der Waals surface area (Å²) in [5.74, 6) is 0.703. The Morgan fingerprint density at radius 1 is 1.36 bits per heavy atom. The zero-order valence-electron chi connectivity index (χ0n) is 15.1. The van der Waals surface area contributed by atoms with Crippen LogP contribution in [0.5, 0.6) is 0 Å². The molecule has 2 aliphatic rings. The summed E-state index contributed by atoms with van der Waals surface area (Å²) in [6.45, 7) is 1.82. The summed E-state index contributed by atoms with van der Waals surface area (Å²) in [5.41, 5.74) is 0.646. The normalized spacial score (nSPS) is 22.5. The summed E-state index contributed by atoms with van der Waals surface area (Å²) >= 11 is 0. The summed E-state index contributed by atoms with van der Waals surface area (Å²) < 4.78 is 11.1. The lowest BCUT2D eigenvalue weighted by molar-refractivity contribution is -0.103. The van der Waals surface area contributed by atoms with Gasteiger partial charge in [-0.15, -0.1) is 0 Å². The van der Waals surface area contributed by atoms with Crippen LogP contribution in [0.4, 0.5) is 5.82 Å². The van der Waals surface area contributed by atoms with Crippen molar-refractivity contribution in [1.29, 1.82) is 0 Å². The van der Waals surface area contributed by atoms with Crippen LogP contribution in [0, 0.1) is 0 Å². The number of rotatable bonds is 6. The highest BCUT2D eigenvalue weighted by Crippen LogP contribution is 2.39. The van der Waals surface area contributed by atoms with Crippen molar-refractivity contribution in [2.24, 2.45) is 0 Å². The van der Waals surface area contributed by atoms with Crippen LogP contribution in [-0.2, 0) is 9.47 Å². The third-order valence-electron chi connectivity index (χ3n) is 5.23. The number of hydrogen-bond donors (Lipinski definition) is 2. The number of carbonyl (C=O) groups excluding carboxylic acids is 1. The Balaban J connectivity index is 1.53. The van der Waals surface area contributed by atoms with Gasteiger partial charge >= 0.3 is 0 Å². The van der Waals surface area contributed by atoms with Gasteiger partial charge in [0.1, 0.15) is 5.82 Å². The van der Waals surface area contributed by atoms with Gasteiger partial charge in [-0.05, 0) is 37.8 Å². The molecule has 25 heavy (non-hydrogen) atoms. The SMILES string of the molecule is COCCNC(=O)c1ccc(NC2CCOC3(CCCCC3)C2)nc1. The van der Waals surface area contributed by atoms with Gasteiger partial charge in [0.25, 0.3) is 5.91 Å². The van der Waals surface area contributed by atoms with E-state index >= 15 is 0 Å². The van der Waals surface area contributed by atoms with Crippen molar-refractivity contribution >= 4 is 11.7 Å². The second-order valence-corrected chi connectivity index (χ2v) is 7.11. The molecule has 3 rings (SSSR count). The summed E-state index contributed by atoms with van der Waals surface area (Å²) in [4.78, 5) is 16.4. The van der Waals surface area contributed by atoms with Gasteiger partial charge < -0.3 is 20.1 Å². The van der Waals surface area contributed by atoms with Crippen LogP contribution in [0.1, 0.15) is 55.3 Å². The van der Waals surface area contributed by atoms with Crippen LogP contribution >= 0.6 is 0 Å². The molecule has 2 heterocycles.